The topological polar surface area (TPSA) is 68.1 Å². The lowest BCUT2D eigenvalue weighted by molar-refractivity contribution is -0.0893. The molecule has 6 aromatic rings. The number of fused-ring (bicyclic) bond motifs is 3. The predicted octanol–water partition coefficient (Wildman–Crippen LogP) is 6.78. The monoisotopic (exact) mass is 543 g/mol. The van der Waals surface area contributed by atoms with Gasteiger partial charge in [-0.15, -0.1) is 11.3 Å². The van der Waals surface area contributed by atoms with E-state index in [1.807, 2.05) is 74.5 Å². The maximum Gasteiger partial charge on any atom is 0.309 e. The zero-order valence-corrected chi connectivity index (χ0v) is 23.9. The van der Waals surface area contributed by atoms with Gasteiger partial charge in [-0.25, -0.2) is 15.0 Å². The standard InChI is InChI=1S/C33H30BN3O2S/c1-32(2,38)33(3,4)39-34-23-19-25-24-17-11-12-18-27(24)40-28(25)26(20-23)31-36-29(21-13-7-5-8-14-21)35-30(37-31)22-15-9-6-10-16-22/h5-20,34,38H,1-4H3. The highest BCUT2D eigenvalue weighted by atomic mass is 32.1. The van der Waals surface area contributed by atoms with E-state index in [0.717, 1.165) is 32.2 Å². The maximum atomic E-state index is 10.7. The lowest BCUT2D eigenvalue weighted by Crippen LogP contribution is -2.49. The van der Waals surface area contributed by atoms with Crippen LogP contribution in [0, 0.1) is 0 Å². The first-order valence-corrected chi connectivity index (χ1v) is 14.2. The molecule has 0 saturated carbocycles. The van der Waals surface area contributed by atoms with Gasteiger partial charge in [-0.1, -0.05) is 96.5 Å². The average Bonchev–Trinajstić information content (AvgIpc) is 3.34. The van der Waals surface area contributed by atoms with Crippen LogP contribution in [0.1, 0.15) is 27.7 Å². The van der Waals surface area contributed by atoms with E-state index in [1.165, 1.54) is 10.1 Å². The molecule has 198 valence electrons. The lowest BCUT2D eigenvalue weighted by Gasteiger charge is -2.37. The van der Waals surface area contributed by atoms with Crippen molar-refractivity contribution in [3.63, 3.8) is 0 Å². The van der Waals surface area contributed by atoms with Crippen LogP contribution in [-0.2, 0) is 4.65 Å². The molecule has 2 aromatic heterocycles. The Hall–Kier alpha value is -3.91. The number of aromatic nitrogens is 3. The Morgan fingerprint density at radius 1 is 0.675 bits per heavy atom. The molecule has 6 rings (SSSR count). The number of rotatable bonds is 7. The molecule has 0 atom stereocenters. The largest absolute Gasteiger partial charge is 0.427 e. The van der Waals surface area contributed by atoms with Crippen molar-refractivity contribution in [3.05, 3.63) is 97.1 Å². The number of benzene rings is 4. The number of nitrogens with zero attached hydrogens (tertiary/aromatic N) is 3. The number of thiophene rings is 1. The smallest absolute Gasteiger partial charge is 0.309 e. The first-order valence-electron chi connectivity index (χ1n) is 13.4. The van der Waals surface area contributed by atoms with E-state index < -0.39 is 11.2 Å². The third kappa shape index (κ3) is 5.04. The quantitative estimate of drug-likeness (QED) is 0.225. The fraction of sp³-hybridized carbons (Fsp3) is 0.182. The number of hydrogen-bond acceptors (Lipinski definition) is 6. The Kier molecular flexibility index (Phi) is 6.74. The fourth-order valence-corrected chi connectivity index (χ4v) is 5.70. The van der Waals surface area contributed by atoms with E-state index in [4.69, 9.17) is 19.6 Å². The molecule has 0 radical (unpaired) electrons. The van der Waals surface area contributed by atoms with Gasteiger partial charge in [0.25, 0.3) is 0 Å². The Bertz CT molecular complexity index is 1760. The molecule has 4 aromatic carbocycles. The number of hydrogen-bond donors (Lipinski definition) is 1. The highest BCUT2D eigenvalue weighted by Gasteiger charge is 2.35. The molecule has 0 spiro atoms. The molecule has 0 bridgehead atoms. The summed E-state index contributed by atoms with van der Waals surface area (Å²) in [5, 5.41) is 13.0. The second-order valence-corrected chi connectivity index (χ2v) is 12.1. The van der Waals surface area contributed by atoms with Gasteiger partial charge in [0.1, 0.15) is 0 Å². The van der Waals surface area contributed by atoms with E-state index in [9.17, 15) is 5.11 Å². The van der Waals surface area contributed by atoms with E-state index >= 15 is 0 Å². The van der Waals surface area contributed by atoms with E-state index in [2.05, 4.69) is 36.4 Å². The molecule has 0 aliphatic heterocycles. The minimum Gasteiger partial charge on any atom is -0.427 e. The van der Waals surface area contributed by atoms with E-state index in [-0.39, 0.29) is 0 Å². The Morgan fingerprint density at radius 3 is 1.82 bits per heavy atom. The van der Waals surface area contributed by atoms with Gasteiger partial charge >= 0.3 is 7.48 Å². The van der Waals surface area contributed by atoms with E-state index in [0.29, 0.717) is 25.0 Å². The van der Waals surface area contributed by atoms with Crippen LogP contribution in [0.2, 0.25) is 0 Å². The van der Waals surface area contributed by atoms with Gasteiger partial charge in [0.2, 0.25) is 0 Å². The highest BCUT2D eigenvalue weighted by molar-refractivity contribution is 7.26. The van der Waals surface area contributed by atoms with Gasteiger partial charge < -0.3 is 9.76 Å². The predicted molar refractivity (Wildman–Crippen MR) is 167 cm³/mol. The van der Waals surface area contributed by atoms with Crippen LogP contribution in [0.4, 0.5) is 0 Å². The molecule has 0 amide bonds. The summed E-state index contributed by atoms with van der Waals surface area (Å²) in [5.74, 6) is 1.87. The van der Waals surface area contributed by atoms with Gasteiger partial charge in [-0.2, -0.15) is 0 Å². The minimum absolute atomic E-state index is 0.340. The molecule has 0 aliphatic carbocycles. The van der Waals surface area contributed by atoms with Gasteiger partial charge in [-0.05, 0) is 33.8 Å². The summed E-state index contributed by atoms with van der Waals surface area (Å²) >= 11 is 1.74. The molecule has 40 heavy (non-hydrogen) atoms. The Balaban J connectivity index is 1.57. The average molecular weight is 544 g/mol. The normalized spacial score (nSPS) is 12.2. The summed E-state index contributed by atoms with van der Waals surface area (Å²) in [6.07, 6.45) is 0. The summed E-state index contributed by atoms with van der Waals surface area (Å²) in [4.78, 5) is 14.9. The van der Waals surface area contributed by atoms with Crippen molar-refractivity contribution in [3.8, 4) is 34.2 Å². The van der Waals surface area contributed by atoms with Gasteiger partial charge in [0.05, 0.1) is 11.2 Å². The van der Waals surface area contributed by atoms with Crippen LogP contribution in [0.25, 0.3) is 54.3 Å². The number of aliphatic hydroxyl groups is 1. The van der Waals surface area contributed by atoms with Gasteiger partial charge in [0.15, 0.2) is 17.5 Å². The Morgan fingerprint density at radius 2 is 1.23 bits per heavy atom. The lowest BCUT2D eigenvalue weighted by atomic mass is 9.81. The molecule has 0 saturated heterocycles. The maximum absolute atomic E-state index is 10.7. The molecule has 5 nitrogen and oxygen atoms in total. The van der Waals surface area contributed by atoms with Gasteiger partial charge in [0, 0.05) is 36.9 Å². The van der Waals surface area contributed by atoms with Crippen LogP contribution in [0.5, 0.6) is 0 Å². The molecule has 0 unspecified atom stereocenters. The third-order valence-corrected chi connectivity index (χ3v) is 8.77. The summed E-state index contributed by atoms with van der Waals surface area (Å²) in [5.41, 5.74) is 2.05. The first-order chi connectivity index (χ1) is 19.2. The molecule has 7 heteroatoms. The minimum atomic E-state index is -1.00. The van der Waals surface area contributed by atoms with Crippen molar-refractivity contribution in [2.45, 2.75) is 38.9 Å². The highest BCUT2D eigenvalue weighted by Crippen LogP contribution is 2.39. The molecule has 0 fully saturated rings. The van der Waals surface area contributed by atoms with Crippen LogP contribution >= 0.6 is 11.3 Å². The third-order valence-electron chi connectivity index (χ3n) is 7.55. The van der Waals surface area contributed by atoms with Gasteiger partial charge in [-0.3, -0.25) is 0 Å². The van der Waals surface area contributed by atoms with Crippen LogP contribution < -0.4 is 5.46 Å². The van der Waals surface area contributed by atoms with Crippen molar-refractivity contribution >= 4 is 44.5 Å². The summed E-state index contributed by atoms with van der Waals surface area (Å²) in [6.45, 7) is 7.37. The van der Waals surface area contributed by atoms with Crippen LogP contribution in [0.3, 0.4) is 0 Å². The molecule has 2 heterocycles. The van der Waals surface area contributed by atoms with E-state index in [1.54, 1.807) is 25.2 Å². The van der Waals surface area contributed by atoms with Crippen molar-refractivity contribution < 1.29 is 9.76 Å². The molecular weight excluding hydrogens is 513 g/mol. The summed E-state index contributed by atoms with van der Waals surface area (Å²) < 4.78 is 8.62. The first kappa shape index (κ1) is 26.3. The molecular formula is C33H30BN3O2S. The fourth-order valence-electron chi connectivity index (χ4n) is 4.51. The van der Waals surface area contributed by atoms with Crippen molar-refractivity contribution in [2.75, 3.05) is 0 Å². The zero-order valence-electron chi connectivity index (χ0n) is 23.1. The Labute approximate surface area is 238 Å². The van der Waals surface area contributed by atoms with Crippen molar-refractivity contribution in [1.29, 1.82) is 0 Å². The SMILES string of the molecule is CC(C)(O)C(C)(C)OBc1cc(-c2nc(-c3ccccc3)nc(-c3ccccc3)n2)c2sc3ccccc3c2c1. The van der Waals surface area contributed by atoms with Crippen molar-refractivity contribution in [2.24, 2.45) is 0 Å². The summed E-state index contributed by atoms with van der Waals surface area (Å²) in [7, 11) is 0.340. The molecule has 0 aliphatic rings. The second kappa shape index (κ2) is 10.2. The zero-order chi connectivity index (χ0) is 27.9. The summed E-state index contributed by atoms with van der Waals surface area (Å²) in [6, 6.07) is 32.8. The second-order valence-electron chi connectivity index (χ2n) is 11.0. The van der Waals surface area contributed by atoms with Crippen LogP contribution in [-0.4, -0.2) is 38.7 Å². The molecule has 1 N–H and O–H groups in total. The van der Waals surface area contributed by atoms with Crippen LogP contribution in [0.15, 0.2) is 97.1 Å². The van der Waals surface area contributed by atoms with Crippen molar-refractivity contribution in [1.82, 2.24) is 15.0 Å².